The molecule has 0 saturated heterocycles. The smallest absolute Gasteiger partial charge is 0.341 e. The first-order valence-corrected chi connectivity index (χ1v) is 12.2. The standard InChI is InChI=1S/C25H21BrN2O4S/c1-2-31-25(30)22-19-5-3-4-6-21(19)33-24(22)28-23(29)16(14-27)13-18-11-12-20(32-18)15-7-9-17(26)10-8-15/h7-13H,2-6H2,1H3,(H,28,29). The van der Waals surface area contributed by atoms with Crippen LogP contribution in [-0.2, 0) is 22.4 Å². The zero-order valence-corrected chi connectivity index (χ0v) is 20.3. The first-order chi connectivity index (χ1) is 16.0. The highest BCUT2D eigenvalue weighted by Crippen LogP contribution is 2.39. The molecule has 1 aliphatic rings. The van der Waals surface area contributed by atoms with E-state index < -0.39 is 11.9 Å². The molecular weight excluding hydrogens is 504 g/mol. The monoisotopic (exact) mass is 524 g/mol. The van der Waals surface area contributed by atoms with Crippen molar-refractivity contribution in [3.63, 3.8) is 0 Å². The van der Waals surface area contributed by atoms with Gasteiger partial charge in [0, 0.05) is 21.0 Å². The molecule has 2 heterocycles. The molecule has 0 atom stereocenters. The fourth-order valence-electron chi connectivity index (χ4n) is 3.73. The van der Waals surface area contributed by atoms with Crippen molar-refractivity contribution in [3.8, 4) is 17.4 Å². The van der Waals surface area contributed by atoms with Crippen LogP contribution in [0, 0.1) is 11.3 Å². The Hall–Kier alpha value is -3.15. The van der Waals surface area contributed by atoms with Crippen molar-refractivity contribution in [1.82, 2.24) is 0 Å². The van der Waals surface area contributed by atoms with Crippen LogP contribution >= 0.6 is 27.3 Å². The van der Waals surface area contributed by atoms with Crippen molar-refractivity contribution in [2.75, 3.05) is 11.9 Å². The lowest BCUT2D eigenvalue weighted by Crippen LogP contribution is -2.16. The topological polar surface area (TPSA) is 92.3 Å². The van der Waals surface area contributed by atoms with Crippen molar-refractivity contribution in [1.29, 1.82) is 5.26 Å². The second kappa shape index (κ2) is 10.2. The van der Waals surface area contributed by atoms with E-state index in [4.69, 9.17) is 9.15 Å². The van der Waals surface area contributed by atoms with Gasteiger partial charge < -0.3 is 14.5 Å². The minimum absolute atomic E-state index is 0.118. The first kappa shape index (κ1) is 23.0. The fourth-order valence-corrected chi connectivity index (χ4v) is 5.27. The molecule has 0 spiro atoms. The van der Waals surface area contributed by atoms with Crippen LogP contribution in [0.4, 0.5) is 5.00 Å². The summed E-state index contributed by atoms with van der Waals surface area (Å²) < 4.78 is 12.0. The number of esters is 1. The molecule has 0 bridgehead atoms. The number of anilines is 1. The largest absolute Gasteiger partial charge is 0.462 e. The van der Waals surface area contributed by atoms with E-state index in [1.54, 1.807) is 19.1 Å². The van der Waals surface area contributed by atoms with Gasteiger partial charge in [0.05, 0.1) is 12.2 Å². The summed E-state index contributed by atoms with van der Waals surface area (Å²) >= 11 is 4.79. The molecule has 3 aromatic rings. The van der Waals surface area contributed by atoms with E-state index in [1.807, 2.05) is 30.3 Å². The Morgan fingerprint density at radius 2 is 1.97 bits per heavy atom. The van der Waals surface area contributed by atoms with Crippen LogP contribution in [0.3, 0.4) is 0 Å². The van der Waals surface area contributed by atoms with Crippen molar-refractivity contribution in [2.45, 2.75) is 32.6 Å². The number of fused-ring (bicyclic) bond motifs is 1. The van der Waals surface area contributed by atoms with Gasteiger partial charge in [-0.05, 0) is 62.4 Å². The minimum Gasteiger partial charge on any atom is -0.462 e. The summed E-state index contributed by atoms with van der Waals surface area (Å²) in [7, 11) is 0. The van der Waals surface area contributed by atoms with Gasteiger partial charge >= 0.3 is 5.97 Å². The number of hydrogen-bond acceptors (Lipinski definition) is 6. The molecule has 33 heavy (non-hydrogen) atoms. The number of nitrogens with zero attached hydrogens (tertiary/aromatic N) is 1. The van der Waals surface area contributed by atoms with Crippen molar-refractivity contribution in [3.05, 3.63) is 68.2 Å². The van der Waals surface area contributed by atoms with E-state index in [-0.39, 0.29) is 12.2 Å². The molecular formula is C25H21BrN2O4S. The number of carbonyl (C=O) groups is 2. The van der Waals surface area contributed by atoms with Gasteiger partial charge in [0.1, 0.15) is 28.2 Å². The number of aryl methyl sites for hydroxylation is 1. The molecule has 4 rings (SSSR count). The second-order valence-electron chi connectivity index (χ2n) is 7.47. The van der Waals surface area contributed by atoms with E-state index in [1.165, 1.54) is 17.4 Å². The number of benzene rings is 1. The molecule has 1 N–H and O–H groups in total. The highest BCUT2D eigenvalue weighted by Gasteiger charge is 2.27. The predicted octanol–water partition coefficient (Wildman–Crippen LogP) is 6.37. The first-order valence-electron chi connectivity index (χ1n) is 10.6. The van der Waals surface area contributed by atoms with Crippen LogP contribution in [-0.4, -0.2) is 18.5 Å². The van der Waals surface area contributed by atoms with E-state index in [2.05, 4.69) is 21.2 Å². The number of ether oxygens (including phenoxy) is 1. The third-order valence-corrected chi connectivity index (χ3v) is 7.02. The Morgan fingerprint density at radius 1 is 1.21 bits per heavy atom. The van der Waals surface area contributed by atoms with E-state index in [9.17, 15) is 14.9 Å². The van der Waals surface area contributed by atoms with Gasteiger partial charge in [-0.2, -0.15) is 5.26 Å². The maximum Gasteiger partial charge on any atom is 0.341 e. The molecule has 0 radical (unpaired) electrons. The number of nitriles is 1. The molecule has 2 aromatic heterocycles. The number of halogens is 1. The Kier molecular flexibility index (Phi) is 7.11. The summed E-state index contributed by atoms with van der Waals surface area (Å²) in [6.07, 6.45) is 5.09. The number of rotatable bonds is 6. The van der Waals surface area contributed by atoms with Crippen LogP contribution in [0.2, 0.25) is 0 Å². The molecule has 0 unspecified atom stereocenters. The van der Waals surface area contributed by atoms with Gasteiger partial charge in [-0.15, -0.1) is 11.3 Å². The molecule has 1 aromatic carbocycles. The summed E-state index contributed by atoms with van der Waals surface area (Å²) in [6, 6.07) is 13.0. The maximum absolute atomic E-state index is 12.9. The van der Waals surface area contributed by atoms with Gasteiger partial charge in [0.15, 0.2) is 0 Å². The number of amides is 1. The molecule has 0 saturated carbocycles. The van der Waals surface area contributed by atoms with E-state index in [0.717, 1.165) is 46.2 Å². The van der Waals surface area contributed by atoms with Crippen LogP contribution in [0.15, 0.2) is 50.9 Å². The van der Waals surface area contributed by atoms with Crippen LogP contribution in [0.25, 0.3) is 17.4 Å². The molecule has 6 nitrogen and oxygen atoms in total. The quantitative estimate of drug-likeness (QED) is 0.229. The molecule has 1 amide bonds. The predicted molar refractivity (Wildman–Crippen MR) is 131 cm³/mol. The minimum atomic E-state index is -0.594. The zero-order valence-electron chi connectivity index (χ0n) is 17.9. The van der Waals surface area contributed by atoms with Crippen molar-refractivity contribution >= 4 is 50.2 Å². The van der Waals surface area contributed by atoms with Gasteiger partial charge in [-0.3, -0.25) is 4.79 Å². The molecule has 8 heteroatoms. The maximum atomic E-state index is 12.9. The number of thiophene rings is 1. The summed E-state index contributed by atoms with van der Waals surface area (Å²) in [4.78, 5) is 26.6. The summed E-state index contributed by atoms with van der Waals surface area (Å²) in [5.41, 5.74) is 2.13. The average molecular weight is 525 g/mol. The van der Waals surface area contributed by atoms with Crippen LogP contribution in [0.1, 0.15) is 46.3 Å². The molecule has 0 aliphatic heterocycles. The summed E-state index contributed by atoms with van der Waals surface area (Å²) in [6.45, 7) is 2.00. The number of nitrogens with one attached hydrogen (secondary N) is 1. The van der Waals surface area contributed by atoms with Crippen molar-refractivity contribution in [2.24, 2.45) is 0 Å². The van der Waals surface area contributed by atoms with E-state index in [0.29, 0.717) is 22.1 Å². The fraction of sp³-hybridized carbons (Fsp3) is 0.240. The number of hydrogen-bond donors (Lipinski definition) is 1. The molecule has 1 aliphatic carbocycles. The van der Waals surface area contributed by atoms with Crippen molar-refractivity contribution < 1.29 is 18.7 Å². The second-order valence-corrected chi connectivity index (χ2v) is 9.49. The molecule has 0 fully saturated rings. The lowest BCUT2D eigenvalue weighted by molar-refractivity contribution is -0.112. The van der Waals surface area contributed by atoms with Gasteiger partial charge in [0.25, 0.3) is 5.91 Å². The normalized spacial score (nSPS) is 13.2. The Balaban J connectivity index is 1.58. The highest BCUT2D eigenvalue weighted by atomic mass is 79.9. The molecule has 168 valence electrons. The lowest BCUT2D eigenvalue weighted by Gasteiger charge is -2.12. The Labute approximate surface area is 204 Å². The van der Waals surface area contributed by atoms with Crippen LogP contribution in [0.5, 0.6) is 0 Å². The zero-order chi connectivity index (χ0) is 23.4. The lowest BCUT2D eigenvalue weighted by atomic mass is 9.95. The third kappa shape index (κ3) is 5.10. The Bertz CT molecular complexity index is 1260. The third-order valence-electron chi connectivity index (χ3n) is 5.29. The summed E-state index contributed by atoms with van der Waals surface area (Å²) in [5, 5.41) is 12.8. The van der Waals surface area contributed by atoms with Gasteiger partial charge in [-0.1, -0.05) is 28.1 Å². The van der Waals surface area contributed by atoms with E-state index >= 15 is 0 Å². The van der Waals surface area contributed by atoms with Crippen LogP contribution < -0.4 is 5.32 Å². The van der Waals surface area contributed by atoms with Gasteiger partial charge in [-0.25, -0.2) is 4.79 Å². The highest BCUT2D eigenvalue weighted by molar-refractivity contribution is 9.10. The summed E-state index contributed by atoms with van der Waals surface area (Å²) in [5.74, 6) is -0.0271. The SMILES string of the molecule is CCOC(=O)c1c(NC(=O)C(C#N)=Cc2ccc(-c3ccc(Br)cc3)o2)sc2c1CCCC2. The average Bonchev–Trinajstić information content (AvgIpc) is 3.42. The number of carbonyl (C=O) groups excluding carboxylic acids is 2. The number of furan rings is 1. The van der Waals surface area contributed by atoms with Gasteiger partial charge in [0.2, 0.25) is 0 Å². The Morgan fingerprint density at radius 3 is 2.70 bits per heavy atom.